The predicted molar refractivity (Wildman–Crippen MR) is 84.2 cm³/mol. The molecule has 2 aliphatic rings. The topological polar surface area (TPSA) is 102 Å². The molecule has 2 rings (SSSR count). The third-order valence-corrected chi connectivity index (χ3v) is 4.11. The third kappa shape index (κ3) is 5.02. The zero-order valence-corrected chi connectivity index (χ0v) is 14.3. The summed E-state index contributed by atoms with van der Waals surface area (Å²) in [6.45, 7) is 3.42. The third-order valence-electron chi connectivity index (χ3n) is 4.11. The first-order valence-corrected chi connectivity index (χ1v) is 8.02. The lowest BCUT2D eigenvalue weighted by Crippen LogP contribution is -2.50. The quantitative estimate of drug-likeness (QED) is 0.476. The van der Waals surface area contributed by atoms with Gasteiger partial charge in [-0.1, -0.05) is 0 Å². The summed E-state index contributed by atoms with van der Waals surface area (Å²) in [4.78, 5) is 50.3. The van der Waals surface area contributed by atoms with Crippen LogP contribution in [0, 0.1) is 0 Å². The lowest BCUT2D eigenvalue weighted by atomic mass is 10.1. The van der Waals surface area contributed by atoms with Crippen LogP contribution in [-0.4, -0.2) is 85.7 Å². The number of likely N-dealkylation sites (tertiary alicyclic amines) is 1. The second-order valence-corrected chi connectivity index (χ2v) is 5.78. The van der Waals surface area contributed by atoms with E-state index in [1.54, 1.807) is 4.90 Å². The Morgan fingerprint density at radius 3 is 2.32 bits per heavy atom. The van der Waals surface area contributed by atoms with Crippen LogP contribution in [0.2, 0.25) is 0 Å². The fourth-order valence-corrected chi connectivity index (χ4v) is 2.87. The molecule has 2 saturated heterocycles. The normalized spacial score (nSPS) is 23.6. The van der Waals surface area contributed by atoms with Gasteiger partial charge in [-0.25, -0.2) is 9.59 Å². The molecule has 138 valence electrons. The zero-order chi connectivity index (χ0) is 18.4. The van der Waals surface area contributed by atoms with Crippen molar-refractivity contribution in [2.45, 2.75) is 25.5 Å². The van der Waals surface area contributed by atoms with Crippen molar-refractivity contribution < 1.29 is 33.4 Å². The van der Waals surface area contributed by atoms with Crippen LogP contribution in [0.15, 0.2) is 12.2 Å². The van der Waals surface area contributed by atoms with Crippen molar-refractivity contribution >= 4 is 23.8 Å². The van der Waals surface area contributed by atoms with E-state index in [2.05, 4.69) is 4.74 Å². The standard InChI is InChI=1S/C16H22N2O7/c1-11(19)18-10-12(25-15(21)4-3-14(20)23-2)9-13(18)16(22)17-5-7-24-8-6-17/h3-4,12-13H,5-10H2,1-2H3/b4-3+/t12-,13+/m1/s1. The summed E-state index contributed by atoms with van der Waals surface area (Å²) in [5, 5.41) is 0. The Bertz CT molecular complexity index is 569. The monoisotopic (exact) mass is 354 g/mol. The Morgan fingerprint density at radius 2 is 1.72 bits per heavy atom. The highest BCUT2D eigenvalue weighted by molar-refractivity contribution is 5.92. The van der Waals surface area contributed by atoms with Crippen LogP contribution in [0.1, 0.15) is 13.3 Å². The first-order chi connectivity index (χ1) is 11.9. The Hall–Kier alpha value is -2.42. The molecule has 25 heavy (non-hydrogen) atoms. The zero-order valence-electron chi connectivity index (χ0n) is 14.3. The summed E-state index contributed by atoms with van der Waals surface area (Å²) >= 11 is 0. The van der Waals surface area contributed by atoms with E-state index in [1.807, 2.05) is 0 Å². The molecule has 0 N–H and O–H groups in total. The van der Waals surface area contributed by atoms with Gasteiger partial charge in [-0.2, -0.15) is 0 Å². The molecular weight excluding hydrogens is 332 g/mol. The minimum absolute atomic E-state index is 0.147. The van der Waals surface area contributed by atoms with E-state index >= 15 is 0 Å². The number of carbonyl (C=O) groups excluding carboxylic acids is 4. The van der Waals surface area contributed by atoms with Crippen molar-refractivity contribution in [3.8, 4) is 0 Å². The minimum Gasteiger partial charge on any atom is -0.466 e. The van der Waals surface area contributed by atoms with E-state index in [-0.39, 0.29) is 24.8 Å². The van der Waals surface area contributed by atoms with Gasteiger partial charge in [-0.05, 0) is 0 Å². The Kier molecular flexibility index (Phi) is 6.51. The van der Waals surface area contributed by atoms with Crippen LogP contribution in [0.25, 0.3) is 0 Å². The second kappa shape index (κ2) is 8.61. The fraction of sp³-hybridized carbons (Fsp3) is 0.625. The number of rotatable bonds is 4. The van der Waals surface area contributed by atoms with Crippen molar-refractivity contribution in [2.75, 3.05) is 40.0 Å². The Balaban J connectivity index is 1.98. The number of carbonyl (C=O) groups is 4. The van der Waals surface area contributed by atoms with Gasteiger partial charge in [0.15, 0.2) is 0 Å². The molecule has 0 bridgehead atoms. The van der Waals surface area contributed by atoms with Gasteiger partial charge in [0.25, 0.3) is 0 Å². The van der Waals surface area contributed by atoms with Gasteiger partial charge < -0.3 is 24.0 Å². The maximum Gasteiger partial charge on any atom is 0.331 e. The molecule has 2 aliphatic heterocycles. The molecule has 0 aromatic carbocycles. The molecule has 2 atom stereocenters. The molecule has 0 aromatic heterocycles. The SMILES string of the molecule is COC(=O)/C=C/C(=O)O[C@@H]1C[C@@H](C(=O)N2CCOCC2)N(C(C)=O)C1. The summed E-state index contributed by atoms with van der Waals surface area (Å²) < 4.78 is 14.8. The Morgan fingerprint density at radius 1 is 1.08 bits per heavy atom. The Labute approximate surface area is 145 Å². The number of esters is 2. The summed E-state index contributed by atoms with van der Waals surface area (Å²) in [5.74, 6) is -1.81. The molecule has 0 aliphatic carbocycles. The van der Waals surface area contributed by atoms with E-state index < -0.39 is 24.1 Å². The molecule has 9 nitrogen and oxygen atoms in total. The highest BCUT2D eigenvalue weighted by Gasteiger charge is 2.41. The summed E-state index contributed by atoms with van der Waals surface area (Å²) in [6.07, 6.45) is 1.54. The highest BCUT2D eigenvalue weighted by atomic mass is 16.5. The van der Waals surface area contributed by atoms with E-state index in [0.717, 1.165) is 12.2 Å². The van der Waals surface area contributed by atoms with Gasteiger partial charge in [0.2, 0.25) is 11.8 Å². The first kappa shape index (κ1) is 18.9. The number of nitrogens with zero attached hydrogens (tertiary/aromatic N) is 2. The summed E-state index contributed by atoms with van der Waals surface area (Å²) in [6, 6.07) is -0.655. The van der Waals surface area contributed by atoms with Crippen molar-refractivity contribution in [1.29, 1.82) is 0 Å². The maximum atomic E-state index is 12.7. The minimum atomic E-state index is -0.724. The predicted octanol–water partition coefficient (Wildman–Crippen LogP) is -0.893. The van der Waals surface area contributed by atoms with E-state index in [0.29, 0.717) is 26.3 Å². The number of morpholine rings is 1. The lowest BCUT2D eigenvalue weighted by molar-refractivity contribution is -0.145. The van der Waals surface area contributed by atoms with Gasteiger partial charge in [0, 0.05) is 38.6 Å². The van der Waals surface area contributed by atoms with Crippen LogP contribution in [0.5, 0.6) is 0 Å². The van der Waals surface area contributed by atoms with Crippen molar-refractivity contribution in [1.82, 2.24) is 9.80 Å². The molecular formula is C16H22N2O7. The van der Waals surface area contributed by atoms with Crippen LogP contribution in [0.3, 0.4) is 0 Å². The lowest BCUT2D eigenvalue weighted by Gasteiger charge is -2.31. The molecule has 0 aromatic rings. The fourth-order valence-electron chi connectivity index (χ4n) is 2.87. The van der Waals surface area contributed by atoms with E-state index in [4.69, 9.17) is 9.47 Å². The van der Waals surface area contributed by atoms with Gasteiger partial charge in [-0.15, -0.1) is 0 Å². The molecule has 0 saturated carbocycles. The average molecular weight is 354 g/mol. The van der Waals surface area contributed by atoms with Crippen molar-refractivity contribution in [3.05, 3.63) is 12.2 Å². The largest absolute Gasteiger partial charge is 0.466 e. The highest BCUT2D eigenvalue weighted by Crippen LogP contribution is 2.23. The number of hydrogen-bond donors (Lipinski definition) is 0. The number of amides is 2. The number of methoxy groups -OCH3 is 1. The number of hydrogen-bond acceptors (Lipinski definition) is 7. The molecule has 2 heterocycles. The van der Waals surface area contributed by atoms with Gasteiger partial charge in [0.1, 0.15) is 12.1 Å². The molecule has 0 unspecified atom stereocenters. The van der Waals surface area contributed by atoms with Crippen LogP contribution < -0.4 is 0 Å². The van der Waals surface area contributed by atoms with Crippen LogP contribution in [-0.2, 0) is 33.4 Å². The molecule has 2 fully saturated rings. The second-order valence-electron chi connectivity index (χ2n) is 5.78. The van der Waals surface area contributed by atoms with Gasteiger partial charge >= 0.3 is 11.9 Å². The first-order valence-electron chi connectivity index (χ1n) is 8.02. The molecule has 2 amide bonds. The van der Waals surface area contributed by atoms with Crippen LogP contribution in [0.4, 0.5) is 0 Å². The number of ether oxygens (including phenoxy) is 3. The molecule has 0 radical (unpaired) electrons. The van der Waals surface area contributed by atoms with Crippen molar-refractivity contribution in [2.24, 2.45) is 0 Å². The molecule has 9 heteroatoms. The smallest absolute Gasteiger partial charge is 0.331 e. The summed E-state index contributed by atoms with van der Waals surface area (Å²) in [5.41, 5.74) is 0. The van der Waals surface area contributed by atoms with Gasteiger partial charge in [0.05, 0.1) is 26.9 Å². The van der Waals surface area contributed by atoms with Gasteiger partial charge in [-0.3, -0.25) is 9.59 Å². The van der Waals surface area contributed by atoms with E-state index in [9.17, 15) is 19.2 Å². The maximum absolute atomic E-state index is 12.7. The average Bonchev–Trinajstić information content (AvgIpc) is 3.03. The van der Waals surface area contributed by atoms with Crippen molar-refractivity contribution in [3.63, 3.8) is 0 Å². The van der Waals surface area contributed by atoms with Crippen LogP contribution >= 0.6 is 0 Å². The molecule has 0 spiro atoms. The summed E-state index contributed by atoms with van der Waals surface area (Å²) in [7, 11) is 1.20. The van der Waals surface area contributed by atoms with E-state index in [1.165, 1.54) is 18.9 Å².